The summed E-state index contributed by atoms with van der Waals surface area (Å²) in [6.07, 6.45) is 0. The highest BCUT2D eigenvalue weighted by Crippen LogP contribution is 2.18. The van der Waals surface area contributed by atoms with Crippen LogP contribution < -0.4 is 15.4 Å². The zero-order valence-corrected chi connectivity index (χ0v) is 17.8. The Labute approximate surface area is 172 Å². The molecule has 3 N–H and O–H groups in total. The lowest BCUT2D eigenvalue weighted by Crippen LogP contribution is -2.33. The van der Waals surface area contributed by atoms with Gasteiger partial charge in [-0.3, -0.25) is 9.59 Å². The minimum Gasteiger partial charge on any atom is -0.343 e. The number of carbonyl (C=O) groups is 2. The first-order valence-corrected chi connectivity index (χ1v) is 10.9. The molecule has 0 heterocycles. The Bertz CT molecular complexity index is 968. The van der Waals surface area contributed by atoms with Crippen molar-refractivity contribution in [1.29, 1.82) is 0 Å². The average Bonchev–Trinajstić information content (AvgIpc) is 2.65. The molecular weight excluding hydrogens is 390 g/mol. The maximum atomic E-state index is 12.2. The molecule has 29 heavy (non-hydrogen) atoms. The van der Waals surface area contributed by atoms with E-state index >= 15 is 0 Å². The van der Waals surface area contributed by atoms with Crippen molar-refractivity contribution >= 4 is 27.5 Å². The number of hydrogen-bond acceptors (Lipinski definition) is 4. The molecule has 0 fully saturated rings. The van der Waals surface area contributed by atoms with E-state index in [4.69, 9.17) is 0 Å². The number of rotatable bonds is 8. The molecule has 0 saturated carbocycles. The third-order valence-electron chi connectivity index (χ3n) is 4.06. The average molecular weight is 418 g/mol. The van der Waals surface area contributed by atoms with Crippen molar-refractivity contribution in [3.8, 4) is 0 Å². The number of amides is 2. The highest BCUT2D eigenvalue weighted by molar-refractivity contribution is 7.89. The number of hydrogen-bond donors (Lipinski definition) is 3. The van der Waals surface area contributed by atoms with Crippen molar-refractivity contribution in [2.24, 2.45) is 0 Å². The van der Waals surface area contributed by atoms with Crippen molar-refractivity contribution in [1.82, 2.24) is 10.0 Å². The first-order chi connectivity index (χ1) is 13.6. The van der Waals surface area contributed by atoms with Crippen molar-refractivity contribution < 1.29 is 18.0 Å². The molecule has 0 aliphatic carbocycles. The second-order valence-corrected chi connectivity index (χ2v) is 9.03. The lowest BCUT2D eigenvalue weighted by molar-refractivity contribution is -0.115. The van der Waals surface area contributed by atoms with Crippen molar-refractivity contribution in [2.75, 3.05) is 11.9 Å². The van der Waals surface area contributed by atoms with E-state index in [-0.39, 0.29) is 29.0 Å². The largest absolute Gasteiger partial charge is 0.343 e. The lowest BCUT2D eigenvalue weighted by atomic mass is 10.0. The molecule has 0 saturated heterocycles. The van der Waals surface area contributed by atoms with E-state index in [1.807, 2.05) is 18.2 Å². The lowest BCUT2D eigenvalue weighted by Gasteiger charge is -2.11. The highest BCUT2D eigenvalue weighted by atomic mass is 32.2. The minimum absolute atomic E-state index is 0.0746. The predicted molar refractivity (Wildman–Crippen MR) is 113 cm³/mol. The van der Waals surface area contributed by atoms with Gasteiger partial charge in [0, 0.05) is 17.3 Å². The molecule has 8 heteroatoms. The van der Waals surface area contributed by atoms with Crippen LogP contribution in [-0.2, 0) is 14.8 Å². The van der Waals surface area contributed by atoms with Gasteiger partial charge in [0.25, 0.3) is 5.91 Å². The quantitative estimate of drug-likeness (QED) is 0.614. The van der Waals surface area contributed by atoms with Gasteiger partial charge in [0.15, 0.2) is 0 Å². The molecule has 156 valence electrons. The van der Waals surface area contributed by atoms with Gasteiger partial charge in [-0.05, 0) is 61.7 Å². The first-order valence-electron chi connectivity index (χ1n) is 9.39. The number of sulfonamides is 1. The Morgan fingerprint density at radius 3 is 2.21 bits per heavy atom. The molecular formula is C21H27N3O4S. The maximum absolute atomic E-state index is 12.2. The summed E-state index contributed by atoms with van der Waals surface area (Å²) in [5, 5.41) is 5.28. The molecule has 2 rings (SSSR count). The molecule has 0 unspecified atom stereocenters. The van der Waals surface area contributed by atoms with E-state index in [9.17, 15) is 18.0 Å². The van der Waals surface area contributed by atoms with Gasteiger partial charge in [0.05, 0.1) is 11.4 Å². The number of anilines is 1. The Kier molecular flexibility index (Phi) is 7.53. The number of carbonyl (C=O) groups excluding carboxylic acids is 2. The summed E-state index contributed by atoms with van der Waals surface area (Å²) in [6.45, 7) is 7.39. The van der Waals surface area contributed by atoms with Gasteiger partial charge in [-0.2, -0.15) is 0 Å². The molecule has 0 atom stereocenters. The van der Waals surface area contributed by atoms with Crippen LogP contribution in [0.2, 0.25) is 0 Å². The number of benzene rings is 2. The second kappa shape index (κ2) is 9.67. The Balaban J connectivity index is 1.93. The zero-order valence-electron chi connectivity index (χ0n) is 17.0. The summed E-state index contributed by atoms with van der Waals surface area (Å²) in [5.41, 5.74) is 2.04. The molecule has 2 aromatic carbocycles. The van der Waals surface area contributed by atoms with Crippen LogP contribution in [0.15, 0.2) is 53.4 Å². The summed E-state index contributed by atoms with van der Waals surface area (Å²) in [7, 11) is -3.62. The Hall–Kier alpha value is -2.71. The van der Waals surface area contributed by atoms with Gasteiger partial charge >= 0.3 is 0 Å². The molecule has 0 aliphatic heterocycles. The molecule has 7 nitrogen and oxygen atoms in total. The third-order valence-corrected chi connectivity index (χ3v) is 5.74. The van der Waals surface area contributed by atoms with Gasteiger partial charge in [-0.15, -0.1) is 0 Å². The topological polar surface area (TPSA) is 104 Å². The normalized spacial score (nSPS) is 11.5. The monoisotopic (exact) mass is 417 g/mol. The predicted octanol–water partition coefficient (Wildman–Crippen LogP) is 2.87. The zero-order chi connectivity index (χ0) is 21.6. The van der Waals surface area contributed by atoms with Crippen LogP contribution in [0.1, 0.15) is 49.5 Å². The summed E-state index contributed by atoms with van der Waals surface area (Å²) in [4.78, 5) is 24.4. The first kappa shape index (κ1) is 22.6. The molecule has 0 bridgehead atoms. The SMILES string of the molecule is CC(C)NS(=O)(=O)c1ccc(C(=O)NCC(=O)Nc2cccc(C(C)C)c2)cc1. The van der Waals surface area contributed by atoms with Crippen LogP contribution in [-0.4, -0.2) is 32.8 Å². The number of nitrogens with one attached hydrogen (secondary N) is 3. The summed E-state index contributed by atoms with van der Waals surface area (Å²) in [6, 6.07) is 12.8. The van der Waals surface area contributed by atoms with Crippen molar-refractivity contribution in [2.45, 2.75) is 44.6 Å². The Morgan fingerprint density at radius 1 is 0.966 bits per heavy atom. The maximum Gasteiger partial charge on any atom is 0.251 e. The standard InChI is InChI=1S/C21H27N3O4S/c1-14(2)17-6-5-7-18(12-17)23-20(25)13-22-21(26)16-8-10-19(11-9-16)29(27,28)24-15(3)4/h5-12,14-15,24H,13H2,1-4H3,(H,22,26)(H,23,25). The molecule has 2 aromatic rings. The summed E-state index contributed by atoms with van der Waals surface area (Å²) < 4.78 is 26.7. The minimum atomic E-state index is -3.62. The molecule has 0 spiro atoms. The van der Waals surface area contributed by atoms with Crippen LogP contribution in [0.5, 0.6) is 0 Å². The smallest absolute Gasteiger partial charge is 0.251 e. The molecule has 2 amide bonds. The molecule has 0 aromatic heterocycles. The van der Waals surface area contributed by atoms with Gasteiger partial charge in [-0.1, -0.05) is 26.0 Å². The van der Waals surface area contributed by atoms with Crippen LogP contribution in [0, 0.1) is 0 Å². The van der Waals surface area contributed by atoms with Gasteiger partial charge in [-0.25, -0.2) is 13.1 Å². The van der Waals surface area contributed by atoms with Crippen molar-refractivity contribution in [3.63, 3.8) is 0 Å². The van der Waals surface area contributed by atoms with E-state index in [1.165, 1.54) is 24.3 Å². The van der Waals surface area contributed by atoms with E-state index < -0.39 is 15.9 Å². The second-order valence-electron chi connectivity index (χ2n) is 7.31. The van der Waals surface area contributed by atoms with Gasteiger partial charge in [0.1, 0.15) is 0 Å². The fourth-order valence-electron chi connectivity index (χ4n) is 2.61. The van der Waals surface area contributed by atoms with Crippen LogP contribution in [0.3, 0.4) is 0 Å². The summed E-state index contributed by atoms with van der Waals surface area (Å²) >= 11 is 0. The highest BCUT2D eigenvalue weighted by Gasteiger charge is 2.16. The van der Waals surface area contributed by atoms with Crippen LogP contribution in [0.4, 0.5) is 5.69 Å². The van der Waals surface area contributed by atoms with Gasteiger partial charge < -0.3 is 10.6 Å². The Morgan fingerprint density at radius 2 is 1.62 bits per heavy atom. The fourth-order valence-corrected chi connectivity index (χ4v) is 3.86. The van der Waals surface area contributed by atoms with Crippen LogP contribution in [0.25, 0.3) is 0 Å². The van der Waals surface area contributed by atoms with Crippen molar-refractivity contribution in [3.05, 3.63) is 59.7 Å². The summed E-state index contributed by atoms with van der Waals surface area (Å²) in [5.74, 6) is -0.467. The van der Waals surface area contributed by atoms with Gasteiger partial charge in [0.2, 0.25) is 15.9 Å². The van der Waals surface area contributed by atoms with Crippen LogP contribution >= 0.6 is 0 Å². The van der Waals surface area contributed by atoms with E-state index in [0.717, 1.165) is 5.56 Å². The third kappa shape index (κ3) is 6.69. The van der Waals surface area contributed by atoms with E-state index in [1.54, 1.807) is 19.9 Å². The van der Waals surface area contributed by atoms with E-state index in [0.29, 0.717) is 11.6 Å². The van der Waals surface area contributed by atoms with E-state index in [2.05, 4.69) is 29.2 Å². The molecule has 0 radical (unpaired) electrons. The fraction of sp³-hybridized carbons (Fsp3) is 0.333. The molecule has 0 aliphatic rings.